The van der Waals surface area contributed by atoms with Crippen molar-refractivity contribution in [2.24, 2.45) is 7.05 Å². The summed E-state index contributed by atoms with van der Waals surface area (Å²) < 4.78 is 6.55. The van der Waals surface area contributed by atoms with Gasteiger partial charge in [-0.2, -0.15) is 15.5 Å². The third-order valence-corrected chi connectivity index (χ3v) is 8.17. The van der Waals surface area contributed by atoms with E-state index >= 15 is 0 Å². The molecule has 2 fully saturated rings. The lowest BCUT2D eigenvalue weighted by Crippen LogP contribution is -2.44. The molecule has 2 aliphatic rings. The fourth-order valence-electron chi connectivity index (χ4n) is 4.47. The van der Waals surface area contributed by atoms with Gasteiger partial charge >= 0.3 is 0 Å². The van der Waals surface area contributed by atoms with Crippen LogP contribution in [0.1, 0.15) is 25.3 Å². The van der Waals surface area contributed by atoms with E-state index in [1.807, 2.05) is 43.8 Å². The number of rotatable bonds is 5. The Labute approximate surface area is 202 Å². The van der Waals surface area contributed by atoms with E-state index in [0.717, 1.165) is 59.8 Å². The number of piperazine rings is 1. The van der Waals surface area contributed by atoms with Crippen molar-refractivity contribution in [1.82, 2.24) is 28.7 Å². The van der Waals surface area contributed by atoms with E-state index in [-0.39, 0.29) is 0 Å². The second-order valence-corrected chi connectivity index (χ2v) is 11.1. The third-order valence-electron chi connectivity index (χ3n) is 6.70. The Bertz CT molecular complexity index is 1380. The summed E-state index contributed by atoms with van der Waals surface area (Å²) in [5.74, 6) is 1.000. The van der Waals surface area contributed by atoms with Crippen molar-refractivity contribution in [3.63, 3.8) is 0 Å². The van der Waals surface area contributed by atoms with E-state index in [9.17, 15) is 5.26 Å². The topological polar surface area (TPSA) is 78.3 Å². The molecular weight excluding hydrogens is 444 g/mol. The zero-order valence-corrected chi connectivity index (χ0v) is 20.2. The lowest BCUT2D eigenvalue weighted by atomic mass is 10.0. The molecule has 8 nitrogen and oxygen atoms in total. The molecule has 1 saturated heterocycles. The van der Waals surface area contributed by atoms with Crippen molar-refractivity contribution in [2.75, 3.05) is 31.1 Å². The van der Waals surface area contributed by atoms with Crippen molar-refractivity contribution in [1.29, 1.82) is 5.26 Å². The maximum Gasteiger partial charge on any atom is 0.128 e. The molecule has 0 N–H and O–H groups in total. The summed E-state index contributed by atoms with van der Waals surface area (Å²) in [7, 11) is 1.90. The Balaban J connectivity index is 1.29. The summed E-state index contributed by atoms with van der Waals surface area (Å²) in [5, 5.41) is 18.4. The van der Waals surface area contributed by atoms with Gasteiger partial charge in [-0.05, 0) is 38.0 Å². The van der Waals surface area contributed by atoms with Crippen LogP contribution >= 0.6 is 11.9 Å². The first-order chi connectivity index (χ1) is 16.5. The summed E-state index contributed by atoms with van der Waals surface area (Å²) in [6.07, 6.45) is 12.0. The molecule has 5 heterocycles. The monoisotopic (exact) mass is 470 g/mol. The molecule has 1 aliphatic carbocycles. The molecule has 0 unspecified atom stereocenters. The van der Waals surface area contributed by atoms with Gasteiger partial charge in [-0.15, -0.1) is 0 Å². The van der Waals surface area contributed by atoms with Gasteiger partial charge < -0.3 is 4.90 Å². The van der Waals surface area contributed by atoms with E-state index in [1.54, 1.807) is 15.4 Å². The van der Waals surface area contributed by atoms with Gasteiger partial charge in [0.1, 0.15) is 11.9 Å². The van der Waals surface area contributed by atoms with Gasteiger partial charge in [0.2, 0.25) is 0 Å². The van der Waals surface area contributed by atoms with Crippen LogP contribution in [0.15, 0.2) is 49.2 Å². The highest BCUT2D eigenvalue weighted by Gasteiger charge is 2.40. The number of aromatic nitrogens is 5. The van der Waals surface area contributed by atoms with E-state index < -0.39 is 0 Å². The molecule has 9 heteroatoms. The summed E-state index contributed by atoms with van der Waals surface area (Å²) in [4.78, 5) is 7.17. The molecule has 0 amide bonds. The van der Waals surface area contributed by atoms with Crippen molar-refractivity contribution in [2.45, 2.75) is 24.5 Å². The molecule has 0 aromatic carbocycles. The number of aryl methyl sites for hydroxylation is 1. The van der Waals surface area contributed by atoms with E-state index in [2.05, 4.69) is 50.6 Å². The van der Waals surface area contributed by atoms with E-state index in [4.69, 9.17) is 4.98 Å². The van der Waals surface area contributed by atoms with Gasteiger partial charge in [0.05, 0.1) is 23.5 Å². The highest BCUT2D eigenvalue weighted by Crippen LogP contribution is 2.49. The van der Waals surface area contributed by atoms with Crippen LogP contribution in [0.4, 0.5) is 5.82 Å². The van der Waals surface area contributed by atoms with Crippen molar-refractivity contribution < 1.29 is 0 Å². The largest absolute Gasteiger partial charge is 0.354 e. The fourth-order valence-corrected chi connectivity index (χ4v) is 5.73. The minimum atomic E-state index is 0.480. The Morgan fingerprint density at radius 1 is 0.971 bits per heavy atom. The van der Waals surface area contributed by atoms with Gasteiger partial charge in [0, 0.05) is 78.8 Å². The van der Waals surface area contributed by atoms with Crippen LogP contribution in [0.25, 0.3) is 27.8 Å². The number of hydrogen-bond acceptors (Lipinski definition) is 7. The molecule has 0 radical (unpaired) electrons. The van der Waals surface area contributed by atoms with Crippen molar-refractivity contribution in [3.05, 3.63) is 54.7 Å². The van der Waals surface area contributed by atoms with E-state index in [0.29, 0.717) is 10.3 Å². The van der Waals surface area contributed by atoms with Gasteiger partial charge in [-0.1, -0.05) is 11.9 Å². The predicted molar refractivity (Wildman–Crippen MR) is 134 cm³/mol. The molecule has 0 atom stereocenters. The first-order valence-corrected chi connectivity index (χ1v) is 12.3. The quantitative estimate of drug-likeness (QED) is 0.408. The summed E-state index contributed by atoms with van der Waals surface area (Å²) in [5.41, 5.74) is 5.24. The first kappa shape index (κ1) is 21.2. The molecule has 4 aromatic heterocycles. The molecule has 1 aliphatic heterocycles. The van der Waals surface area contributed by atoms with Crippen LogP contribution in [0.5, 0.6) is 0 Å². The molecule has 34 heavy (non-hydrogen) atoms. The summed E-state index contributed by atoms with van der Waals surface area (Å²) in [6, 6.07) is 8.57. The highest BCUT2D eigenvalue weighted by atomic mass is 32.2. The zero-order chi connectivity index (χ0) is 23.3. The minimum absolute atomic E-state index is 0.480. The van der Waals surface area contributed by atoms with Crippen molar-refractivity contribution >= 4 is 23.3 Å². The molecule has 0 spiro atoms. The predicted octanol–water partition coefficient (Wildman–Crippen LogP) is 3.99. The number of fused-ring (bicyclic) bond motifs is 1. The van der Waals surface area contributed by atoms with Crippen LogP contribution in [0, 0.1) is 11.3 Å². The number of nitriles is 1. The van der Waals surface area contributed by atoms with Crippen LogP contribution in [-0.4, -0.2) is 59.6 Å². The molecular formula is C25H26N8S. The fraction of sp³-hybridized carbons (Fsp3) is 0.360. The Hall–Kier alpha value is -3.35. The summed E-state index contributed by atoms with van der Waals surface area (Å²) in [6.45, 7) is 6.44. The molecule has 4 aromatic rings. The summed E-state index contributed by atoms with van der Waals surface area (Å²) >= 11 is 2.04. The molecule has 1 saturated carbocycles. The Morgan fingerprint density at radius 3 is 2.44 bits per heavy atom. The normalized spacial score (nSPS) is 17.7. The second-order valence-electron chi connectivity index (χ2n) is 9.37. The zero-order valence-electron chi connectivity index (χ0n) is 19.3. The van der Waals surface area contributed by atoms with Crippen LogP contribution in [-0.2, 0) is 7.05 Å². The van der Waals surface area contributed by atoms with Crippen molar-refractivity contribution in [3.8, 4) is 28.3 Å². The minimum Gasteiger partial charge on any atom is -0.354 e. The van der Waals surface area contributed by atoms with Gasteiger partial charge in [-0.3, -0.25) is 4.68 Å². The molecule has 6 rings (SSSR count). The lowest BCUT2D eigenvalue weighted by molar-refractivity contribution is 0.425. The Morgan fingerprint density at radius 2 is 1.79 bits per heavy atom. The number of anilines is 1. The number of nitrogens with zero attached hydrogens (tertiary/aromatic N) is 8. The van der Waals surface area contributed by atoms with Gasteiger partial charge in [0.25, 0.3) is 0 Å². The SMILES string of the molecule is Cn1cc(-c2cc(-c3ccc(N4CCN(SC5(C)CC5)CC4)nc3)c3c(C#N)cnn3c2)cn1. The standard InChI is InChI=1S/C25H26N8S/c1-25(5-6-25)34-32-9-7-31(8-10-32)23-4-3-18(13-27-23)22-11-19(21-15-28-30(2)16-21)17-33-24(22)20(12-26)14-29-33/h3-4,11,13-17H,5-10H2,1-2H3. The van der Waals surface area contributed by atoms with Crippen LogP contribution in [0.2, 0.25) is 0 Å². The van der Waals surface area contributed by atoms with Gasteiger partial charge in [0.15, 0.2) is 0 Å². The average molecular weight is 471 g/mol. The highest BCUT2D eigenvalue weighted by molar-refractivity contribution is 7.98. The third kappa shape index (κ3) is 3.93. The Kier molecular flexibility index (Phi) is 5.08. The lowest BCUT2D eigenvalue weighted by Gasteiger charge is -2.35. The first-order valence-electron chi connectivity index (χ1n) is 11.6. The van der Waals surface area contributed by atoms with Crippen LogP contribution < -0.4 is 4.90 Å². The van der Waals surface area contributed by atoms with Crippen LogP contribution in [0.3, 0.4) is 0 Å². The molecule has 172 valence electrons. The number of hydrogen-bond donors (Lipinski definition) is 0. The maximum atomic E-state index is 9.65. The second kappa shape index (κ2) is 8.15. The van der Waals surface area contributed by atoms with Gasteiger partial charge in [-0.25, -0.2) is 13.8 Å². The average Bonchev–Trinajstić information content (AvgIpc) is 3.22. The number of pyridine rings is 2. The smallest absolute Gasteiger partial charge is 0.128 e. The molecule has 0 bridgehead atoms. The van der Waals surface area contributed by atoms with E-state index in [1.165, 1.54) is 12.8 Å². The maximum absolute atomic E-state index is 9.65.